The third-order valence-electron chi connectivity index (χ3n) is 4.38. The van der Waals surface area contributed by atoms with Gasteiger partial charge in [-0.25, -0.2) is 0 Å². The van der Waals surface area contributed by atoms with Crippen molar-refractivity contribution >= 4 is 17.8 Å². The second-order valence-electron chi connectivity index (χ2n) is 6.86. The van der Waals surface area contributed by atoms with E-state index in [1.165, 1.54) is 0 Å². The molecule has 7 nitrogen and oxygen atoms in total. The van der Waals surface area contributed by atoms with E-state index in [1.54, 1.807) is 0 Å². The first-order valence-corrected chi connectivity index (χ1v) is 8.43. The largest absolute Gasteiger partial charge is 0.368 e. The molecule has 1 atom stereocenters. The Morgan fingerprint density at radius 1 is 1.20 bits per heavy atom. The quantitative estimate of drug-likeness (QED) is 0.907. The summed E-state index contributed by atoms with van der Waals surface area (Å²) >= 11 is 0. The van der Waals surface area contributed by atoms with Crippen LogP contribution in [0.4, 0.5) is 11.9 Å². The number of rotatable bonds is 4. The van der Waals surface area contributed by atoms with Crippen LogP contribution in [0.1, 0.15) is 36.7 Å². The van der Waals surface area contributed by atoms with Crippen LogP contribution in [0.5, 0.6) is 0 Å². The van der Waals surface area contributed by atoms with Crippen molar-refractivity contribution in [2.24, 2.45) is 5.73 Å². The van der Waals surface area contributed by atoms with E-state index in [4.69, 9.17) is 5.73 Å². The van der Waals surface area contributed by atoms with Crippen LogP contribution in [0, 0.1) is 0 Å². The number of nitrogens with zero attached hydrogens (tertiary/aromatic N) is 5. The topological polar surface area (TPSA) is 88.2 Å². The number of aromatic nitrogens is 3. The van der Waals surface area contributed by atoms with Crippen LogP contribution < -0.4 is 15.5 Å². The van der Waals surface area contributed by atoms with Crippen LogP contribution in [0.2, 0.25) is 0 Å². The maximum Gasteiger partial charge on any atom is 0.240 e. The summed E-state index contributed by atoms with van der Waals surface area (Å²) in [5.74, 6) is 1.57. The van der Waals surface area contributed by atoms with Gasteiger partial charge in [0.05, 0.1) is 0 Å². The first-order chi connectivity index (χ1) is 11.9. The second kappa shape index (κ2) is 6.66. The SMILES string of the molecule is CC(C)c1nc(N(C)C)nc(N2Cc3ccccc3C[C@@H]2C(N)=O)n1. The fourth-order valence-electron chi connectivity index (χ4n) is 2.94. The Labute approximate surface area is 147 Å². The summed E-state index contributed by atoms with van der Waals surface area (Å²) in [6.45, 7) is 4.63. The third-order valence-corrected chi connectivity index (χ3v) is 4.38. The minimum atomic E-state index is -0.465. The summed E-state index contributed by atoms with van der Waals surface area (Å²) in [6, 6.07) is 7.63. The number of carbonyl (C=O) groups excluding carboxylic acids is 1. The first kappa shape index (κ1) is 17.1. The molecule has 0 saturated carbocycles. The number of amides is 1. The highest BCUT2D eigenvalue weighted by Crippen LogP contribution is 2.28. The Morgan fingerprint density at radius 3 is 2.48 bits per heavy atom. The molecule has 3 rings (SSSR count). The van der Waals surface area contributed by atoms with Crippen LogP contribution in [-0.4, -0.2) is 41.0 Å². The van der Waals surface area contributed by atoms with Gasteiger partial charge < -0.3 is 15.5 Å². The Bertz CT molecular complexity index is 763. The maximum absolute atomic E-state index is 12.1. The first-order valence-electron chi connectivity index (χ1n) is 8.43. The van der Waals surface area contributed by atoms with Gasteiger partial charge in [0.25, 0.3) is 0 Å². The molecule has 0 saturated heterocycles. The summed E-state index contributed by atoms with van der Waals surface area (Å²) in [5.41, 5.74) is 8.00. The van der Waals surface area contributed by atoms with Gasteiger partial charge in [-0.3, -0.25) is 4.79 Å². The third kappa shape index (κ3) is 3.40. The lowest BCUT2D eigenvalue weighted by Crippen LogP contribution is -2.49. The van der Waals surface area contributed by atoms with Gasteiger partial charge in [-0.15, -0.1) is 0 Å². The van der Waals surface area contributed by atoms with Crippen LogP contribution in [0.15, 0.2) is 24.3 Å². The molecule has 1 aliphatic heterocycles. The molecule has 1 aliphatic rings. The zero-order valence-electron chi connectivity index (χ0n) is 15.1. The summed E-state index contributed by atoms with van der Waals surface area (Å²) in [5, 5.41) is 0. The summed E-state index contributed by atoms with van der Waals surface area (Å²) in [6.07, 6.45) is 0.561. The zero-order valence-corrected chi connectivity index (χ0v) is 15.1. The van der Waals surface area contributed by atoms with E-state index >= 15 is 0 Å². The molecule has 7 heteroatoms. The Morgan fingerprint density at radius 2 is 1.88 bits per heavy atom. The van der Waals surface area contributed by atoms with Crippen molar-refractivity contribution in [3.8, 4) is 0 Å². The van der Waals surface area contributed by atoms with Gasteiger partial charge >= 0.3 is 0 Å². The maximum atomic E-state index is 12.1. The number of primary amides is 1. The minimum absolute atomic E-state index is 0.157. The van der Waals surface area contributed by atoms with E-state index < -0.39 is 6.04 Å². The molecule has 25 heavy (non-hydrogen) atoms. The lowest BCUT2D eigenvalue weighted by Gasteiger charge is -2.35. The van der Waals surface area contributed by atoms with Crippen molar-refractivity contribution in [1.82, 2.24) is 15.0 Å². The molecular formula is C18H24N6O. The van der Waals surface area contributed by atoms with Crippen molar-refractivity contribution in [2.75, 3.05) is 23.9 Å². The van der Waals surface area contributed by atoms with Crippen molar-refractivity contribution < 1.29 is 4.79 Å². The normalized spacial score (nSPS) is 16.7. The smallest absolute Gasteiger partial charge is 0.240 e. The summed E-state index contributed by atoms with van der Waals surface area (Å²) in [7, 11) is 3.78. The Kier molecular flexibility index (Phi) is 4.57. The molecule has 1 amide bonds. The fourth-order valence-corrected chi connectivity index (χ4v) is 2.94. The number of hydrogen-bond donors (Lipinski definition) is 1. The molecule has 0 bridgehead atoms. The van der Waals surface area contributed by atoms with E-state index in [1.807, 2.05) is 55.9 Å². The van der Waals surface area contributed by atoms with E-state index in [9.17, 15) is 4.79 Å². The molecule has 132 valence electrons. The average molecular weight is 340 g/mol. The van der Waals surface area contributed by atoms with Crippen LogP contribution in [0.25, 0.3) is 0 Å². The number of fused-ring (bicyclic) bond motifs is 1. The van der Waals surface area contributed by atoms with Gasteiger partial charge in [0.15, 0.2) is 0 Å². The van der Waals surface area contributed by atoms with E-state index in [-0.39, 0.29) is 11.8 Å². The Balaban J connectivity index is 2.08. The standard InChI is InChI=1S/C18H24N6O/c1-11(2)16-20-17(23(3)4)22-18(21-16)24-10-13-8-6-5-7-12(13)9-14(24)15(19)25/h5-8,11,14H,9-10H2,1-4H3,(H2,19,25)/t14-/m1/s1. The monoisotopic (exact) mass is 340 g/mol. The fraction of sp³-hybridized carbons (Fsp3) is 0.444. The molecule has 1 aromatic carbocycles. The predicted octanol–water partition coefficient (Wildman–Crippen LogP) is 1.48. The van der Waals surface area contributed by atoms with Gasteiger partial charge in [0, 0.05) is 33.0 Å². The molecule has 0 fully saturated rings. The van der Waals surface area contributed by atoms with Gasteiger partial charge in [0.2, 0.25) is 17.8 Å². The summed E-state index contributed by atoms with van der Waals surface area (Å²) in [4.78, 5) is 29.5. The second-order valence-corrected chi connectivity index (χ2v) is 6.86. The average Bonchev–Trinajstić information content (AvgIpc) is 2.60. The van der Waals surface area contributed by atoms with Crippen LogP contribution in [0.3, 0.4) is 0 Å². The molecule has 2 N–H and O–H groups in total. The zero-order chi connectivity index (χ0) is 18.1. The van der Waals surface area contributed by atoms with Crippen molar-refractivity contribution in [3.05, 3.63) is 41.2 Å². The van der Waals surface area contributed by atoms with Crippen molar-refractivity contribution in [3.63, 3.8) is 0 Å². The van der Waals surface area contributed by atoms with Crippen molar-refractivity contribution in [2.45, 2.75) is 38.8 Å². The van der Waals surface area contributed by atoms with E-state index in [0.717, 1.165) is 11.1 Å². The molecule has 2 aromatic rings. The highest BCUT2D eigenvalue weighted by molar-refractivity contribution is 5.84. The van der Waals surface area contributed by atoms with Gasteiger partial charge in [-0.2, -0.15) is 15.0 Å². The molecule has 0 unspecified atom stereocenters. The molecule has 0 radical (unpaired) electrons. The lowest BCUT2D eigenvalue weighted by atomic mass is 9.94. The van der Waals surface area contributed by atoms with Gasteiger partial charge in [0.1, 0.15) is 11.9 Å². The summed E-state index contributed by atoms with van der Waals surface area (Å²) < 4.78 is 0. The van der Waals surface area contributed by atoms with Crippen LogP contribution >= 0.6 is 0 Å². The number of hydrogen-bond acceptors (Lipinski definition) is 6. The highest BCUT2D eigenvalue weighted by Gasteiger charge is 2.32. The van der Waals surface area contributed by atoms with Gasteiger partial charge in [-0.1, -0.05) is 38.1 Å². The number of anilines is 2. The van der Waals surface area contributed by atoms with Crippen molar-refractivity contribution in [1.29, 1.82) is 0 Å². The Hall–Kier alpha value is -2.70. The van der Waals surface area contributed by atoms with E-state index in [2.05, 4.69) is 21.0 Å². The molecule has 1 aromatic heterocycles. The molecule has 2 heterocycles. The number of nitrogens with two attached hydrogens (primary N) is 1. The highest BCUT2D eigenvalue weighted by atomic mass is 16.1. The number of benzene rings is 1. The minimum Gasteiger partial charge on any atom is -0.368 e. The van der Waals surface area contributed by atoms with Crippen LogP contribution in [-0.2, 0) is 17.8 Å². The number of carbonyl (C=O) groups is 1. The molecule has 0 aliphatic carbocycles. The van der Waals surface area contributed by atoms with Gasteiger partial charge in [-0.05, 0) is 11.1 Å². The molecule has 0 spiro atoms. The van der Waals surface area contributed by atoms with E-state index in [0.29, 0.717) is 30.7 Å². The predicted molar refractivity (Wildman–Crippen MR) is 97.6 cm³/mol. The lowest BCUT2D eigenvalue weighted by molar-refractivity contribution is -0.119. The molecular weight excluding hydrogens is 316 g/mol.